The third kappa shape index (κ3) is 2.97. The van der Waals surface area contributed by atoms with E-state index in [1.54, 1.807) is 0 Å². The zero-order valence-electron chi connectivity index (χ0n) is 10.6. The predicted octanol–water partition coefficient (Wildman–Crippen LogP) is 2.67. The van der Waals surface area contributed by atoms with Gasteiger partial charge in [-0.2, -0.15) is 5.10 Å². The molecule has 4 nitrogen and oxygen atoms in total. The minimum atomic E-state index is 0.0780. The van der Waals surface area contributed by atoms with Crippen molar-refractivity contribution in [2.45, 2.75) is 19.4 Å². The van der Waals surface area contributed by atoms with Crippen LogP contribution in [0.3, 0.4) is 0 Å². The molecule has 0 bridgehead atoms. The molecule has 1 atom stereocenters. The van der Waals surface area contributed by atoms with Crippen LogP contribution in [0.4, 0.5) is 0 Å². The average Bonchev–Trinajstić information content (AvgIpc) is 2.78. The van der Waals surface area contributed by atoms with Crippen molar-refractivity contribution in [1.29, 1.82) is 0 Å². The molecule has 96 valence electrons. The van der Waals surface area contributed by atoms with Gasteiger partial charge in [-0.3, -0.25) is 9.67 Å². The smallest absolute Gasteiger partial charge is 0.0793 e. The summed E-state index contributed by atoms with van der Waals surface area (Å²) in [6.07, 6.45) is 6.81. The maximum absolute atomic E-state index is 4.47. The highest BCUT2D eigenvalue weighted by Crippen LogP contribution is 2.26. The number of aryl methyl sites for hydroxylation is 1. The van der Waals surface area contributed by atoms with E-state index >= 15 is 0 Å². The predicted molar refractivity (Wildman–Crippen MR) is 75.3 cm³/mol. The van der Waals surface area contributed by atoms with E-state index in [2.05, 4.69) is 38.3 Å². The molecular formula is C13H17BrN4. The molecule has 2 aromatic rings. The summed E-state index contributed by atoms with van der Waals surface area (Å²) in [5, 5.41) is 7.74. The number of nitrogens with zero attached hydrogens (tertiary/aromatic N) is 3. The van der Waals surface area contributed by atoms with Crippen molar-refractivity contribution in [3.8, 4) is 0 Å². The fourth-order valence-corrected chi connectivity index (χ4v) is 2.34. The molecule has 0 saturated heterocycles. The summed E-state index contributed by atoms with van der Waals surface area (Å²) in [6, 6.07) is 4.02. The molecule has 5 heteroatoms. The molecule has 0 aromatic carbocycles. The van der Waals surface area contributed by atoms with Gasteiger partial charge in [-0.15, -0.1) is 0 Å². The summed E-state index contributed by atoms with van der Waals surface area (Å²) in [5.41, 5.74) is 2.13. The van der Waals surface area contributed by atoms with E-state index in [4.69, 9.17) is 0 Å². The average molecular weight is 309 g/mol. The minimum Gasteiger partial charge on any atom is -0.305 e. The lowest BCUT2D eigenvalue weighted by molar-refractivity contribution is 0.584. The first-order chi connectivity index (χ1) is 8.72. The summed E-state index contributed by atoms with van der Waals surface area (Å²) in [6.45, 7) is 3.10. The lowest BCUT2D eigenvalue weighted by atomic mass is 10.1. The molecule has 0 aliphatic heterocycles. The highest BCUT2D eigenvalue weighted by Gasteiger charge is 2.18. The van der Waals surface area contributed by atoms with Gasteiger partial charge in [-0.1, -0.05) is 6.92 Å². The molecule has 0 fully saturated rings. The summed E-state index contributed by atoms with van der Waals surface area (Å²) in [4.78, 5) is 4.47. The van der Waals surface area contributed by atoms with Gasteiger partial charge in [0.25, 0.3) is 0 Å². The number of rotatable bonds is 5. The molecule has 0 spiro atoms. The molecule has 0 radical (unpaired) electrons. The maximum atomic E-state index is 4.47. The fraction of sp³-hybridized carbons (Fsp3) is 0.385. The van der Waals surface area contributed by atoms with Gasteiger partial charge in [0.15, 0.2) is 0 Å². The van der Waals surface area contributed by atoms with Crippen LogP contribution < -0.4 is 5.32 Å². The van der Waals surface area contributed by atoms with Gasteiger partial charge in [-0.05, 0) is 41.0 Å². The third-order valence-corrected chi connectivity index (χ3v) is 3.39. The Bertz CT molecular complexity index is 509. The van der Waals surface area contributed by atoms with E-state index in [1.807, 2.05) is 42.5 Å². The molecule has 2 rings (SSSR count). The molecule has 0 amide bonds. The zero-order chi connectivity index (χ0) is 13.0. The normalized spacial score (nSPS) is 12.6. The highest BCUT2D eigenvalue weighted by atomic mass is 79.9. The Morgan fingerprint density at radius 2 is 2.33 bits per heavy atom. The van der Waals surface area contributed by atoms with Gasteiger partial charge >= 0.3 is 0 Å². The molecule has 1 unspecified atom stereocenters. The van der Waals surface area contributed by atoms with Crippen LogP contribution in [-0.2, 0) is 7.05 Å². The van der Waals surface area contributed by atoms with Crippen molar-refractivity contribution in [3.63, 3.8) is 0 Å². The van der Waals surface area contributed by atoms with Crippen LogP contribution in [0.2, 0.25) is 0 Å². The molecule has 0 aliphatic rings. The van der Waals surface area contributed by atoms with Crippen molar-refractivity contribution >= 4 is 15.9 Å². The third-order valence-electron chi connectivity index (χ3n) is 2.72. The van der Waals surface area contributed by atoms with Crippen LogP contribution in [0, 0.1) is 0 Å². The number of hydrogen-bond acceptors (Lipinski definition) is 3. The maximum Gasteiger partial charge on any atom is 0.0793 e. The van der Waals surface area contributed by atoms with Crippen LogP contribution in [-0.4, -0.2) is 21.3 Å². The first-order valence-corrected chi connectivity index (χ1v) is 6.84. The molecule has 0 saturated carbocycles. The van der Waals surface area contributed by atoms with E-state index in [9.17, 15) is 0 Å². The number of halogens is 1. The van der Waals surface area contributed by atoms with Gasteiger partial charge in [0.05, 0.1) is 17.9 Å². The summed E-state index contributed by atoms with van der Waals surface area (Å²) >= 11 is 3.56. The van der Waals surface area contributed by atoms with Gasteiger partial charge < -0.3 is 5.32 Å². The van der Waals surface area contributed by atoms with Gasteiger partial charge in [0.2, 0.25) is 0 Å². The SMILES string of the molecule is CCCNC(c1cnn(C)c1)c1ncccc1Br. The lowest BCUT2D eigenvalue weighted by Crippen LogP contribution is -2.24. The summed E-state index contributed by atoms with van der Waals surface area (Å²) in [7, 11) is 1.92. The van der Waals surface area contributed by atoms with Crippen molar-refractivity contribution in [2.75, 3.05) is 6.54 Å². The van der Waals surface area contributed by atoms with Crippen molar-refractivity contribution in [3.05, 3.63) is 46.5 Å². The zero-order valence-corrected chi connectivity index (χ0v) is 12.2. The van der Waals surface area contributed by atoms with Gasteiger partial charge in [-0.25, -0.2) is 0 Å². The van der Waals surface area contributed by atoms with Crippen LogP contribution in [0.5, 0.6) is 0 Å². The van der Waals surface area contributed by atoms with Gasteiger partial charge in [0.1, 0.15) is 0 Å². The molecule has 2 heterocycles. The Labute approximate surface area is 116 Å². The van der Waals surface area contributed by atoms with E-state index in [0.29, 0.717) is 0 Å². The molecule has 0 aliphatic carbocycles. The van der Waals surface area contributed by atoms with E-state index in [0.717, 1.165) is 28.7 Å². The topological polar surface area (TPSA) is 42.7 Å². The Kier molecular flexibility index (Phi) is 4.49. The monoisotopic (exact) mass is 308 g/mol. The van der Waals surface area contributed by atoms with E-state index < -0.39 is 0 Å². The highest BCUT2D eigenvalue weighted by molar-refractivity contribution is 9.10. The van der Waals surface area contributed by atoms with E-state index in [-0.39, 0.29) is 6.04 Å². The summed E-state index contributed by atoms with van der Waals surface area (Å²) in [5.74, 6) is 0. The molecule has 2 aromatic heterocycles. The number of nitrogens with one attached hydrogen (secondary N) is 1. The molecule has 18 heavy (non-hydrogen) atoms. The Hall–Kier alpha value is -1.20. The van der Waals surface area contributed by atoms with Gasteiger partial charge in [0, 0.05) is 29.5 Å². The standard InChI is InChI=1S/C13H17BrN4/c1-3-6-15-12(10-8-17-18(2)9-10)13-11(14)5-4-7-16-13/h4-5,7-9,12,15H,3,6H2,1-2H3. The largest absolute Gasteiger partial charge is 0.305 e. The van der Waals surface area contributed by atoms with Crippen molar-refractivity contribution in [1.82, 2.24) is 20.1 Å². The second-order valence-corrected chi connectivity index (χ2v) is 5.06. The van der Waals surface area contributed by atoms with Crippen LogP contribution >= 0.6 is 15.9 Å². The van der Waals surface area contributed by atoms with Crippen LogP contribution in [0.1, 0.15) is 30.6 Å². The number of pyridine rings is 1. The Balaban J connectivity index is 2.33. The first-order valence-electron chi connectivity index (χ1n) is 6.04. The van der Waals surface area contributed by atoms with Crippen LogP contribution in [0.15, 0.2) is 35.2 Å². The van der Waals surface area contributed by atoms with Crippen molar-refractivity contribution < 1.29 is 0 Å². The van der Waals surface area contributed by atoms with Crippen molar-refractivity contribution in [2.24, 2.45) is 7.05 Å². The Morgan fingerprint density at radius 1 is 1.50 bits per heavy atom. The second kappa shape index (κ2) is 6.11. The van der Waals surface area contributed by atoms with E-state index in [1.165, 1.54) is 0 Å². The quantitative estimate of drug-likeness (QED) is 0.923. The number of aromatic nitrogens is 3. The van der Waals surface area contributed by atoms with Crippen LogP contribution in [0.25, 0.3) is 0 Å². The fourth-order valence-electron chi connectivity index (χ4n) is 1.86. The molecule has 1 N–H and O–H groups in total. The first kappa shape index (κ1) is 13.2. The Morgan fingerprint density at radius 3 is 2.94 bits per heavy atom. The number of hydrogen-bond donors (Lipinski definition) is 1. The minimum absolute atomic E-state index is 0.0780. The lowest BCUT2D eigenvalue weighted by Gasteiger charge is -2.17. The summed E-state index contributed by atoms with van der Waals surface area (Å²) < 4.78 is 2.83. The second-order valence-electron chi connectivity index (χ2n) is 4.20. The molecular weight excluding hydrogens is 292 g/mol.